The summed E-state index contributed by atoms with van der Waals surface area (Å²) >= 11 is 0. The van der Waals surface area contributed by atoms with Crippen LogP contribution in [-0.4, -0.2) is 18.7 Å². The molecule has 0 radical (unpaired) electrons. The molecule has 0 aromatic rings. The Labute approximate surface area is 136 Å². The molecular formula is C15H32FeO3S. The SMILES string of the molecule is CCCCCCCCCCCCCCCS(=O)(=O)O.[Fe]. The van der Waals surface area contributed by atoms with Gasteiger partial charge in [0.2, 0.25) is 0 Å². The van der Waals surface area contributed by atoms with Gasteiger partial charge >= 0.3 is 0 Å². The van der Waals surface area contributed by atoms with Crippen molar-refractivity contribution in [3.8, 4) is 0 Å². The van der Waals surface area contributed by atoms with Gasteiger partial charge in [-0.05, 0) is 6.42 Å². The Morgan fingerprint density at radius 2 is 0.950 bits per heavy atom. The van der Waals surface area contributed by atoms with Crippen molar-refractivity contribution in [2.24, 2.45) is 0 Å². The fraction of sp³-hybridized carbons (Fsp3) is 1.00. The second kappa shape index (κ2) is 15.8. The fourth-order valence-corrected chi connectivity index (χ4v) is 2.87. The monoisotopic (exact) mass is 348 g/mol. The van der Waals surface area contributed by atoms with Crippen molar-refractivity contribution in [3.05, 3.63) is 0 Å². The summed E-state index contributed by atoms with van der Waals surface area (Å²) in [5, 5.41) is 0. The van der Waals surface area contributed by atoms with Gasteiger partial charge in [0, 0.05) is 17.1 Å². The summed E-state index contributed by atoms with van der Waals surface area (Å²) in [5.41, 5.74) is 0. The van der Waals surface area contributed by atoms with Gasteiger partial charge in [-0.25, -0.2) is 0 Å². The van der Waals surface area contributed by atoms with Crippen LogP contribution in [-0.2, 0) is 27.2 Å². The summed E-state index contributed by atoms with van der Waals surface area (Å²) in [7, 11) is -3.74. The van der Waals surface area contributed by atoms with E-state index in [2.05, 4.69) is 6.92 Å². The minimum absolute atomic E-state index is 0. The quantitative estimate of drug-likeness (QED) is 0.274. The maximum atomic E-state index is 10.5. The smallest absolute Gasteiger partial charge is 0.264 e. The Morgan fingerprint density at radius 3 is 1.25 bits per heavy atom. The molecule has 0 aromatic heterocycles. The maximum Gasteiger partial charge on any atom is 0.264 e. The number of hydrogen-bond acceptors (Lipinski definition) is 2. The number of rotatable bonds is 14. The zero-order valence-corrected chi connectivity index (χ0v) is 14.8. The molecule has 0 amide bonds. The van der Waals surface area contributed by atoms with Crippen molar-refractivity contribution in [1.82, 2.24) is 0 Å². The summed E-state index contributed by atoms with van der Waals surface area (Å²) in [6, 6.07) is 0. The third kappa shape index (κ3) is 20.7. The third-order valence-electron chi connectivity index (χ3n) is 3.51. The molecule has 20 heavy (non-hydrogen) atoms. The van der Waals surface area contributed by atoms with E-state index in [-0.39, 0.29) is 22.8 Å². The first-order valence-electron chi connectivity index (χ1n) is 8.01. The van der Waals surface area contributed by atoms with Crippen LogP contribution in [0.4, 0.5) is 0 Å². The summed E-state index contributed by atoms with van der Waals surface area (Å²) in [5.74, 6) is -0.0786. The first-order valence-corrected chi connectivity index (χ1v) is 9.62. The standard InChI is InChI=1S/C15H32O3S.Fe/c1-2-3-4-5-6-7-8-9-10-11-12-13-14-15-19(16,17)18;/h2-15H2,1H3,(H,16,17,18);. The van der Waals surface area contributed by atoms with E-state index in [0.717, 1.165) is 12.8 Å². The summed E-state index contributed by atoms with van der Waals surface area (Å²) in [6.45, 7) is 2.25. The van der Waals surface area contributed by atoms with Crippen molar-refractivity contribution < 1.29 is 30.0 Å². The predicted octanol–water partition coefficient (Wildman–Crippen LogP) is 4.96. The predicted molar refractivity (Wildman–Crippen MR) is 82.1 cm³/mol. The molecule has 3 nitrogen and oxygen atoms in total. The molecule has 0 bridgehead atoms. The first kappa shape index (κ1) is 22.7. The van der Waals surface area contributed by atoms with E-state index in [4.69, 9.17) is 4.55 Å². The van der Waals surface area contributed by atoms with Crippen LogP contribution in [0.1, 0.15) is 90.4 Å². The van der Waals surface area contributed by atoms with Crippen LogP contribution in [0, 0.1) is 0 Å². The number of unbranched alkanes of at least 4 members (excludes halogenated alkanes) is 12. The summed E-state index contributed by atoms with van der Waals surface area (Å²) in [6.07, 6.45) is 15.9. The molecule has 0 unspecified atom stereocenters. The van der Waals surface area contributed by atoms with Crippen molar-refractivity contribution >= 4 is 10.1 Å². The van der Waals surface area contributed by atoms with Gasteiger partial charge in [0.05, 0.1) is 5.75 Å². The van der Waals surface area contributed by atoms with E-state index in [9.17, 15) is 8.42 Å². The van der Waals surface area contributed by atoms with Crippen LogP contribution < -0.4 is 0 Å². The van der Waals surface area contributed by atoms with E-state index in [1.54, 1.807) is 0 Å². The van der Waals surface area contributed by atoms with Crippen LogP contribution in [0.5, 0.6) is 0 Å². The Kier molecular flexibility index (Phi) is 18.0. The summed E-state index contributed by atoms with van der Waals surface area (Å²) in [4.78, 5) is 0. The van der Waals surface area contributed by atoms with Crippen LogP contribution in [0.15, 0.2) is 0 Å². The first-order chi connectivity index (χ1) is 9.06. The summed E-state index contributed by atoms with van der Waals surface area (Å²) < 4.78 is 29.5. The molecule has 0 atom stereocenters. The van der Waals surface area contributed by atoms with Crippen LogP contribution in [0.3, 0.4) is 0 Å². The van der Waals surface area contributed by atoms with Gasteiger partial charge in [-0.3, -0.25) is 4.55 Å². The normalized spacial score (nSPS) is 11.3. The Morgan fingerprint density at radius 1 is 0.650 bits per heavy atom. The average Bonchev–Trinajstić information content (AvgIpc) is 2.34. The Bertz CT molecular complexity index is 279. The van der Waals surface area contributed by atoms with Gasteiger partial charge in [0.15, 0.2) is 0 Å². The van der Waals surface area contributed by atoms with E-state index < -0.39 is 10.1 Å². The second-order valence-electron chi connectivity index (χ2n) is 5.53. The van der Waals surface area contributed by atoms with E-state index in [0.29, 0.717) is 6.42 Å². The van der Waals surface area contributed by atoms with Crippen LogP contribution >= 0.6 is 0 Å². The van der Waals surface area contributed by atoms with Gasteiger partial charge in [0.25, 0.3) is 10.1 Å². The van der Waals surface area contributed by atoms with Gasteiger partial charge < -0.3 is 0 Å². The Balaban J connectivity index is 0. The molecule has 0 fully saturated rings. The second-order valence-corrected chi connectivity index (χ2v) is 7.10. The van der Waals surface area contributed by atoms with Crippen molar-refractivity contribution in [1.29, 1.82) is 0 Å². The third-order valence-corrected chi connectivity index (χ3v) is 4.31. The van der Waals surface area contributed by atoms with Gasteiger partial charge in [-0.2, -0.15) is 8.42 Å². The molecule has 0 aliphatic heterocycles. The van der Waals surface area contributed by atoms with Crippen molar-refractivity contribution in [2.45, 2.75) is 90.4 Å². The molecular weight excluding hydrogens is 316 g/mol. The topological polar surface area (TPSA) is 54.4 Å². The zero-order valence-electron chi connectivity index (χ0n) is 12.9. The van der Waals surface area contributed by atoms with E-state index in [1.165, 1.54) is 64.2 Å². The zero-order chi connectivity index (χ0) is 14.4. The van der Waals surface area contributed by atoms with Gasteiger partial charge in [-0.15, -0.1) is 0 Å². The molecule has 1 N–H and O–H groups in total. The van der Waals surface area contributed by atoms with Crippen molar-refractivity contribution in [3.63, 3.8) is 0 Å². The van der Waals surface area contributed by atoms with Gasteiger partial charge in [-0.1, -0.05) is 84.0 Å². The molecule has 0 rings (SSSR count). The van der Waals surface area contributed by atoms with E-state index >= 15 is 0 Å². The Hall–Kier alpha value is 0.429. The van der Waals surface area contributed by atoms with E-state index in [1.807, 2.05) is 0 Å². The van der Waals surface area contributed by atoms with Crippen LogP contribution in [0.2, 0.25) is 0 Å². The maximum absolute atomic E-state index is 10.5. The average molecular weight is 348 g/mol. The molecule has 124 valence electrons. The van der Waals surface area contributed by atoms with Crippen LogP contribution in [0.25, 0.3) is 0 Å². The number of hydrogen-bond donors (Lipinski definition) is 1. The molecule has 0 heterocycles. The fourth-order valence-electron chi connectivity index (χ4n) is 2.30. The molecule has 0 saturated heterocycles. The molecule has 0 aliphatic rings. The molecule has 0 aliphatic carbocycles. The largest absolute Gasteiger partial charge is 0.286 e. The minimum atomic E-state index is -3.74. The minimum Gasteiger partial charge on any atom is -0.286 e. The molecule has 0 aromatic carbocycles. The molecule has 5 heteroatoms. The molecule has 0 saturated carbocycles. The van der Waals surface area contributed by atoms with Gasteiger partial charge in [0.1, 0.15) is 0 Å². The molecule has 0 spiro atoms. The van der Waals surface area contributed by atoms with Crippen molar-refractivity contribution in [2.75, 3.05) is 5.75 Å².